The molecule has 0 radical (unpaired) electrons. The molecule has 2 aromatic rings. The quantitative estimate of drug-likeness (QED) is 0.814. The molecule has 15 heavy (non-hydrogen) atoms. The van der Waals surface area contributed by atoms with Crippen LogP contribution in [-0.2, 0) is 0 Å². The highest BCUT2D eigenvalue weighted by Gasteiger charge is 2.20. The molecule has 0 aliphatic heterocycles. The lowest BCUT2D eigenvalue weighted by Gasteiger charge is -1.97. The van der Waals surface area contributed by atoms with Gasteiger partial charge in [0, 0.05) is 4.47 Å². The van der Waals surface area contributed by atoms with E-state index in [9.17, 15) is 13.6 Å². The summed E-state index contributed by atoms with van der Waals surface area (Å²) in [6.45, 7) is 0. The predicted octanol–water partition coefficient (Wildman–Crippen LogP) is 3.17. The third-order valence-corrected chi connectivity index (χ3v) is 2.55. The van der Waals surface area contributed by atoms with Crippen molar-refractivity contribution in [3.8, 4) is 0 Å². The van der Waals surface area contributed by atoms with Gasteiger partial charge >= 0.3 is 5.97 Å². The van der Waals surface area contributed by atoms with Gasteiger partial charge in [0.1, 0.15) is 11.8 Å². The first-order chi connectivity index (χ1) is 7.02. The molecule has 0 spiro atoms. The molecule has 6 heteroatoms. The number of rotatable bonds is 1. The van der Waals surface area contributed by atoms with Gasteiger partial charge in [0.15, 0.2) is 11.4 Å². The van der Waals surface area contributed by atoms with Crippen LogP contribution >= 0.6 is 15.9 Å². The van der Waals surface area contributed by atoms with Gasteiger partial charge in [-0.05, 0) is 22.0 Å². The van der Waals surface area contributed by atoms with Crippen molar-refractivity contribution in [2.75, 3.05) is 0 Å². The SMILES string of the molecule is O=C(O)c1coc2c(F)c(F)cc(Br)c12. The van der Waals surface area contributed by atoms with Crippen LogP contribution in [0.4, 0.5) is 8.78 Å². The van der Waals surface area contributed by atoms with Crippen LogP contribution in [0.15, 0.2) is 21.2 Å². The molecule has 0 fully saturated rings. The van der Waals surface area contributed by atoms with E-state index in [0.29, 0.717) is 0 Å². The number of aromatic carboxylic acids is 1. The Bertz CT molecular complexity index is 562. The van der Waals surface area contributed by atoms with Gasteiger partial charge in [0.2, 0.25) is 5.82 Å². The minimum absolute atomic E-state index is 0.0152. The number of hydrogen-bond acceptors (Lipinski definition) is 2. The van der Waals surface area contributed by atoms with E-state index in [2.05, 4.69) is 20.3 Å². The van der Waals surface area contributed by atoms with E-state index in [-0.39, 0.29) is 15.4 Å². The summed E-state index contributed by atoms with van der Waals surface area (Å²) in [4.78, 5) is 10.7. The summed E-state index contributed by atoms with van der Waals surface area (Å²) < 4.78 is 30.9. The van der Waals surface area contributed by atoms with Crippen LogP contribution in [0.3, 0.4) is 0 Å². The van der Waals surface area contributed by atoms with E-state index in [0.717, 1.165) is 12.3 Å². The number of carbonyl (C=O) groups is 1. The fourth-order valence-electron chi connectivity index (χ4n) is 1.27. The minimum Gasteiger partial charge on any atom is -0.478 e. The average molecular weight is 277 g/mol. The molecule has 3 nitrogen and oxygen atoms in total. The number of carboxylic acids is 1. The Balaban J connectivity index is 2.93. The Labute approximate surface area is 90.4 Å². The van der Waals surface area contributed by atoms with E-state index in [1.165, 1.54) is 0 Å². The van der Waals surface area contributed by atoms with Crippen molar-refractivity contribution in [3.63, 3.8) is 0 Å². The highest BCUT2D eigenvalue weighted by molar-refractivity contribution is 9.10. The molecule has 1 heterocycles. The van der Waals surface area contributed by atoms with Crippen molar-refractivity contribution in [2.45, 2.75) is 0 Å². The standard InChI is InChI=1S/C9H3BrF2O3/c10-4-1-5(11)7(12)8-6(4)3(2-15-8)9(13)14/h1-2H,(H,13,14). The molecule has 1 aromatic carbocycles. The van der Waals surface area contributed by atoms with Crippen molar-refractivity contribution >= 4 is 32.9 Å². The van der Waals surface area contributed by atoms with Gasteiger partial charge in [-0.1, -0.05) is 0 Å². The molecule has 78 valence electrons. The van der Waals surface area contributed by atoms with Crippen LogP contribution in [0.1, 0.15) is 10.4 Å². The molecule has 0 saturated heterocycles. The molecule has 1 N–H and O–H groups in total. The van der Waals surface area contributed by atoms with Crippen LogP contribution in [0.25, 0.3) is 11.0 Å². The first kappa shape index (κ1) is 10.1. The van der Waals surface area contributed by atoms with Crippen molar-refractivity contribution in [1.82, 2.24) is 0 Å². The molecular formula is C9H3BrF2O3. The Morgan fingerprint density at radius 1 is 1.47 bits per heavy atom. The summed E-state index contributed by atoms with van der Waals surface area (Å²) in [7, 11) is 0. The van der Waals surface area contributed by atoms with Gasteiger partial charge in [-0.3, -0.25) is 0 Å². The number of carboxylic acid groups (broad SMARTS) is 1. The largest absolute Gasteiger partial charge is 0.478 e. The van der Waals surface area contributed by atoms with Gasteiger partial charge in [-0.25, -0.2) is 9.18 Å². The highest BCUT2D eigenvalue weighted by Crippen LogP contribution is 2.32. The smallest absolute Gasteiger partial charge is 0.339 e. The van der Waals surface area contributed by atoms with E-state index in [1.54, 1.807) is 0 Å². The van der Waals surface area contributed by atoms with E-state index >= 15 is 0 Å². The fourth-order valence-corrected chi connectivity index (χ4v) is 1.86. The lowest BCUT2D eigenvalue weighted by atomic mass is 10.1. The maximum absolute atomic E-state index is 13.2. The van der Waals surface area contributed by atoms with Crippen LogP contribution < -0.4 is 0 Å². The van der Waals surface area contributed by atoms with Gasteiger partial charge in [0.25, 0.3) is 0 Å². The zero-order valence-corrected chi connectivity index (χ0v) is 8.64. The number of fused-ring (bicyclic) bond motifs is 1. The molecular weight excluding hydrogens is 274 g/mol. The van der Waals surface area contributed by atoms with Gasteiger partial charge < -0.3 is 9.52 Å². The summed E-state index contributed by atoms with van der Waals surface area (Å²) in [5.41, 5.74) is -0.616. The van der Waals surface area contributed by atoms with E-state index in [4.69, 9.17) is 5.11 Å². The maximum atomic E-state index is 13.2. The van der Waals surface area contributed by atoms with Crippen LogP contribution in [0, 0.1) is 11.6 Å². The molecule has 2 rings (SSSR count). The summed E-state index contributed by atoms with van der Waals surface area (Å²) in [5, 5.41) is 8.77. The van der Waals surface area contributed by atoms with Gasteiger partial charge in [0.05, 0.1) is 5.39 Å². The first-order valence-corrected chi connectivity index (χ1v) is 4.59. The summed E-state index contributed by atoms with van der Waals surface area (Å²) in [5.74, 6) is -3.55. The van der Waals surface area contributed by atoms with Crippen LogP contribution in [0.2, 0.25) is 0 Å². The molecule has 0 aliphatic carbocycles. The zero-order chi connectivity index (χ0) is 11.2. The van der Waals surface area contributed by atoms with Crippen molar-refractivity contribution < 1.29 is 23.1 Å². The number of hydrogen-bond donors (Lipinski definition) is 1. The summed E-state index contributed by atoms with van der Waals surface area (Å²) >= 11 is 2.95. The van der Waals surface area contributed by atoms with E-state index in [1.807, 2.05) is 0 Å². The highest BCUT2D eigenvalue weighted by atomic mass is 79.9. The summed E-state index contributed by atoms with van der Waals surface area (Å²) in [6.07, 6.45) is 0.875. The zero-order valence-electron chi connectivity index (χ0n) is 7.05. The second-order valence-corrected chi connectivity index (χ2v) is 3.67. The van der Waals surface area contributed by atoms with Crippen LogP contribution in [0.5, 0.6) is 0 Å². The molecule has 0 atom stereocenters. The number of furan rings is 1. The van der Waals surface area contributed by atoms with Crippen LogP contribution in [-0.4, -0.2) is 11.1 Å². The minimum atomic E-state index is -1.26. The van der Waals surface area contributed by atoms with E-state index < -0.39 is 23.2 Å². The second-order valence-electron chi connectivity index (χ2n) is 2.81. The third kappa shape index (κ3) is 1.41. The van der Waals surface area contributed by atoms with Gasteiger partial charge in [-0.2, -0.15) is 4.39 Å². The molecule has 0 saturated carbocycles. The second kappa shape index (κ2) is 3.30. The average Bonchev–Trinajstić information content (AvgIpc) is 2.58. The lowest BCUT2D eigenvalue weighted by Crippen LogP contribution is -1.95. The normalized spacial score (nSPS) is 10.9. The van der Waals surface area contributed by atoms with Crippen molar-refractivity contribution in [1.29, 1.82) is 0 Å². The molecule has 0 bridgehead atoms. The Hall–Kier alpha value is -1.43. The van der Waals surface area contributed by atoms with Crippen molar-refractivity contribution in [2.24, 2.45) is 0 Å². The monoisotopic (exact) mass is 276 g/mol. The van der Waals surface area contributed by atoms with Gasteiger partial charge in [-0.15, -0.1) is 0 Å². The first-order valence-electron chi connectivity index (χ1n) is 3.80. The maximum Gasteiger partial charge on any atom is 0.339 e. The molecule has 0 unspecified atom stereocenters. The Kier molecular flexibility index (Phi) is 2.22. The number of halogens is 3. The Morgan fingerprint density at radius 2 is 2.13 bits per heavy atom. The molecule has 0 amide bonds. The predicted molar refractivity (Wildman–Crippen MR) is 50.8 cm³/mol. The summed E-state index contributed by atoms with van der Waals surface area (Å²) in [6, 6.07) is 0.861. The third-order valence-electron chi connectivity index (χ3n) is 1.92. The fraction of sp³-hybridized carbons (Fsp3) is 0. The molecule has 0 aliphatic rings. The number of benzene rings is 1. The molecule has 1 aromatic heterocycles. The Morgan fingerprint density at radius 3 is 2.73 bits per heavy atom. The van der Waals surface area contributed by atoms with Crippen molar-refractivity contribution in [3.05, 3.63) is 34.0 Å². The lowest BCUT2D eigenvalue weighted by molar-refractivity contribution is 0.0698. The topological polar surface area (TPSA) is 50.4 Å².